The van der Waals surface area contributed by atoms with E-state index in [4.69, 9.17) is 16.6 Å². The monoisotopic (exact) mass is 500 g/mol. The Bertz CT molecular complexity index is 1270. The lowest BCUT2D eigenvalue weighted by molar-refractivity contribution is 0.470. The number of benzene rings is 1. The first kappa shape index (κ1) is 24.0. The third-order valence-electron chi connectivity index (χ3n) is 7.78. The van der Waals surface area contributed by atoms with E-state index < -0.39 is 22.1 Å². The van der Waals surface area contributed by atoms with Crippen molar-refractivity contribution in [3.05, 3.63) is 63.4 Å². The fourth-order valence-corrected chi connectivity index (χ4v) is 5.44. The third-order valence-corrected chi connectivity index (χ3v) is 8.13. The van der Waals surface area contributed by atoms with E-state index in [9.17, 15) is 4.39 Å². The predicted molar refractivity (Wildman–Crippen MR) is 136 cm³/mol. The number of nitrogens with one attached hydrogen (secondary N) is 3. The third kappa shape index (κ3) is 3.78. The summed E-state index contributed by atoms with van der Waals surface area (Å²) in [5.74, 6) is 0.829. The van der Waals surface area contributed by atoms with Gasteiger partial charge in [0.25, 0.3) is 0 Å². The Labute approximate surface area is 209 Å². The minimum atomic E-state index is -0.804. The molecule has 0 aliphatic carbocycles. The number of aromatic nitrogens is 3. The summed E-state index contributed by atoms with van der Waals surface area (Å²) >= 11 is 6.04. The van der Waals surface area contributed by atoms with Crippen molar-refractivity contribution in [1.29, 1.82) is 0 Å². The Morgan fingerprint density at radius 3 is 2.60 bits per heavy atom. The van der Waals surface area contributed by atoms with Gasteiger partial charge in [0.1, 0.15) is 28.3 Å². The number of hydrogen-bond donors (Lipinski definition) is 3. The van der Waals surface area contributed by atoms with Gasteiger partial charge in [-0.25, -0.2) is 13.8 Å². The first-order valence-corrected chi connectivity index (χ1v) is 12.4. The summed E-state index contributed by atoms with van der Waals surface area (Å²) in [4.78, 5) is 6.89. The van der Waals surface area contributed by atoms with Crippen LogP contribution >= 0.6 is 11.6 Å². The summed E-state index contributed by atoms with van der Waals surface area (Å²) in [6, 6.07) is 3.05. The van der Waals surface area contributed by atoms with Crippen LogP contribution in [0.3, 0.4) is 0 Å². The van der Waals surface area contributed by atoms with Crippen molar-refractivity contribution >= 4 is 28.9 Å². The average Bonchev–Trinajstić information content (AvgIpc) is 3.38. The Hall–Kier alpha value is -2.71. The molecule has 2 unspecified atom stereocenters. The smallest absolute Gasteiger partial charge is 0.148 e. The number of anilines is 3. The molecule has 35 heavy (non-hydrogen) atoms. The van der Waals surface area contributed by atoms with Crippen molar-refractivity contribution in [3.8, 4) is 0 Å². The van der Waals surface area contributed by atoms with Crippen LogP contribution in [-0.2, 0) is 5.41 Å². The summed E-state index contributed by atoms with van der Waals surface area (Å²) in [6.07, 6.45) is 3.71. The first-order chi connectivity index (χ1) is 16.6. The standard InChI is InChI=1S/C26H31ClF2N6/c1-13(2)14(3)17-10-32-34-25(17)35-12-26(5,18-6-7-19(28)22(27)23(18)29)21-15(4)24(31-11-20(21)35)33-16-8-30-9-16/h6-7,10-11,13-14,16,30H,8-9,12H2,1-5H3,(H,31,33)(H,32,34). The van der Waals surface area contributed by atoms with Crippen LogP contribution in [-0.4, -0.2) is 40.9 Å². The number of halogens is 3. The number of fused-ring (bicyclic) bond motifs is 1. The number of pyridine rings is 1. The van der Waals surface area contributed by atoms with Crippen LogP contribution in [0.4, 0.5) is 26.1 Å². The van der Waals surface area contributed by atoms with Crippen molar-refractivity contribution in [2.45, 2.75) is 52.0 Å². The van der Waals surface area contributed by atoms with Gasteiger partial charge in [0.05, 0.1) is 24.1 Å². The summed E-state index contributed by atoms with van der Waals surface area (Å²) in [7, 11) is 0. The topological polar surface area (TPSA) is 68.9 Å². The van der Waals surface area contributed by atoms with Gasteiger partial charge in [0.2, 0.25) is 0 Å². The molecule has 2 atom stereocenters. The first-order valence-electron chi connectivity index (χ1n) is 12.1. The number of H-pyrrole nitrogens is 1. The van der Waals surface area contributed by atoms with E-state index in [1.54, 1.807) is 0 Å². The summed E-state index contributed by atoms with van der Waals surface area (Å²) < 4.78 is 29.6. The molecule has 4 heterocycles. The molecule has 186 valence electrons. The molecule has 0 bridgehead atoms. The Morgan fingerprint density at radius 2 is 1.94 bits per heavy atom. The highest BCUT2D eigenvalue weighted by molar-refractivity contribution is 6.31. The summed E-state index contributed by atoms with van der Waals surface area (Å²) in [5.41, 5.74) is 3.41. The maximum absolute atomic E-state index is 15.5. The molecule has 0 radical (unpaired) electrons. The average molecular weight is 501 g/mol. The van der Waals surface area contributed by atoms with E-state index in [2.05, 4.69) is 46.5 Å². The molecule has 0 spiro atoms. The molecular formula is C26H31ClF2N6. The van der Waals surface area contributed by atoms with Gasteiger partial charge in [-0.15, -0.1) is 0 Å². The van der Waals surface area contributed by atoms with E-state index in [1.807, 2.05) is 26.2 Å². The van der Waals surface area contributed by atoms with Gasteiger partial charge in [0, 0.05) is 36.2 Å². The van der Waals surface area contributed by atoms with Crippen LogP contribution in [0.15, 0.2) is 24.5 Å². The van der Waals surface area contributed by atoms with Crippen LogP contribution in [0.2, 0.25) is 5.02 Å². The summed E-state index contributed by atoms with van der Waals surface area (Å²) in [5, 5.41) is 13.8. The van der Waals surface area contributed by atoms with Gasteiger partial charge in [-0.1, -0.05) is 38.4 Å². The molecule has 2 aliphatic heterocycles. The SMILES string of the molecule is Cc1c(NC2CNC2)ncc2c1C(C)(c1ccc(F)c(Cl)c1F)CN2c1[nH]ncc1C(C)C(C)C. The summed E-state index contributed by atoms with van der Waals surface area (Å²) in [6.45, 7) is 12.7. The van der Waals surface area contributed by atoms with Crippen LogP contribution in [0.25, 0.3) is 0 Å². The quantitative estimate of drug-likeness (QED) is 0.382. The highest BCUT2D eigenvalue weighted by atomic mass is 35.5. The highest BCUT2D eigenvalue weighted by Crippen LogP contribution is 2.52. The number of rotatable bonds is 6. The van der Waals surface area contributed by atoms with E-state index in [0.717, 1.165) is 47.1 Å². The van der Waals surface area contributed by atoms with Crippen molar-refractivity contribution in [1.82, 2.24) is 20.5 Å². The highest BCUT2D eigenvalue weighted by Gasteiger charge is 2.46. The number of hydrogen-bond acceptors (Lipinski definition) is 5. The van der Waals surface area contributed by atoms with Crippen LogP contribution in [0, 0.1) is 24.5 Å². The van der Waals surface area contributed by atoms with Crippen molar-refractivity contribution in [3.63, 3.8) is 0 Å². The zero-order valence-corrected chi connectivity index (χ0v) is 21.4. The van der Waals surface area contributed by atoms with Crippen LogP contribution < -0.4 is 15.5 Å². The molecule has 3 N–H and O–H groups in total. The van der Waals surface area contributed by atoms with Crippen molar-refractivity contribution < 1.29 is 8.78 Å². The normalized spacial score (nSPS) is 20.8. The van der Waals surface area contributed by atoms with Gasteiger partial charge in [0.15, 0.2) is 0 Å². The predicted octanol–water partition coefficient (Wildman–Crippen LogP) is 5.65. The van der Waals surface area contributed by atoms with Crippen molar-refractivity contribution in [2.75, 3.05) is 29.9 Å². The molecule has 0 saturated carbocycles. The van der Waals surface area contributed by atoms with Gasteiger partial charge in [-0.3, -0.25) is 5.10 Å². The zero-order chi connectivity index (χ0) is 25.1. The molecule has 6 nitrogen and oxygen atoms in total. The lowest BCUT2D eigenvalue weighted by Gasteiger charge is -2.31. The van der Waals surface area contributed by atoms with Gasteiger partial charge in [-0.2, -0.15) is 5.10 Å². The molecule has 3 aromatic rings. The maximum atomic E-state index is 15.5. The fraction of sp³-hybridized carbons (Fsp3) is 0.462. The minimum absolute atomic E-state index is 0.261. The van der Waals surface area contributed by atoms with E-state index >= 15 is 4.39 Å². The lowest BCUT2D eigenvalue weighted by atomic mass is 9.76. The van der Waals surface area contributed by atoms with Crippen LogP contribution in [0.5, 0.6) is 0 Å². The second-order valence-corrected chi connectivity index (χ2v) is 10.7. The largest absolute Gasteiger partial charge is 0.365 e. The fourth-order valence-electron chi connectivity index (χ4n) is 5.28. The Kier molecular flexibility index (Phi) is 6.00. The molecule has 1 fully saturated rings. The molecule has 2 aliphatic rings. The molecule has 1 saturated heterocycles. The van der Waals surface area contributed by atoms with E-state index in [-0.39, 0.29) is 5.92 Å². The molecule has 9 heteroatoms. The second kappa shape index (κ2) is 8.75. The molecule has 2 aromatic heterocycles. The number of aromatic amines is 1. The Balaban J connectivity index is 1.69. The Morgan fingerprint density at radius 1 is 1.20 bits per heavy atom. The number of nitrogens with zero attached hydrogens (tertiary/aromatic N) is 3. The molecule has 0 amide bonds. The van der Waals surface area contributed by atoms with E-state index in [1.165, 1.54) is 12.1 Å². The van der Waals surface area contributed by atoms with Gasteiger partial charge >= 0.3 is 0 Å². The molecule has 1 aromatic carbocycles. The molecular weight excluding hydrogens is 470 g/mol. The zero-order valence-electron chi connectivity index (χ0n) is 20.6. The maximum Gasteiger partial charge on any atom is 0.148 e. The van der Waals surface area contributed by atoms with Crippen molar-refractivity contribution in [2.24, 2.45) is 5.92 Å². The minimum Gasteiger partial charge on any atom is -0.365 e. The molecule has 5 rings (SSSR count). The second-order valence-electron chi connectivity index (χ2n) is 10.3. The van der Waals surface area contributed by atoms with Gasteiger partial charge in [-0.05, 0) is 42.9 Å². The lowest BCUT2D eigenvalue weighted by Crippen LogP contribution is -2.51. The van der Waals surface area contributed by atoms with E-state index in [0.29, 0.717) is 24.1 Å². The van der Waals surface area contributed by atoms with Crippen LogP contribution in [0.1, 0.15) is 55.9 Å². The van der Waals surface area contributed by atoms with Gasteiger partial charge < -0.3 is 15.5 Å².